The molecule has 0 amide bonds. The molecule has 0 unspecified atom stereocenters. The van der Waals surface area contributed by atoms with Gasteiger partial charge in [-0.1, -0.05) is 146 Å². The maximum Gasteiger partial charge on any atom is 0.0714 e. The summed E-state index contributed by atoms with van der Waals surface area (Å²) in [6, 6.07) is 58.1. The Morgan fingerprint density at radius 1 is 0.271 bits per heavy atom. The Morgan fingerprint density at radius 3 is 1.48 bits per heavy atom. The molecule has 220 valence electrons. The van der Waals surface area contributed by atoms with Gasteiger partial charge in [-0.05, 0) is 112 Å². The molecule has 0 atom stereocenters. The fraction of sp³-hybridized carbons (Fsp3) is 0. The molecule has 1 heterocycles. The number of pyridine rings is 1. The number of rotatable bonds is 3. The van der Waals surface area contributed by atoms with Gasteiger partial charge in [-0.15, -0.1) is 0 Å². The number of hydrogen-bond donors (Lipinski definition) is 0. The summed E-state index contributed by atoms with van der Waals surface area (Å²) < 4.78 is 0. The van der Waals surface area contributed by atoms with Gasteiger partial charge in [-0.25, -0.2) is 0 Å². The molecule has 1 heteroatoms. The Kier molecular flexibility index (Phi) is 5.17. The molecular weight excluding hydrogens is 579 g/mol. The van der Waals surface area contributed by atoms with Gasteiger partial charge in [0.15, 0.2) is 0 Å². The topological polar surface area (TPSA) is 12.9 Å². The van der Waals surface area contributed by atoms with Crippen molar-refractivity contribution in [1.29, 1.82) is 0 Å². The number of hydrogen-bond acceptors (Lipinski definition) is 1. The van der Waals surface area contributed by atoms with Crippen LogP contribution in [0.3, 0.4) is 0 Å². The second-order valence-corrected chi connectivity index (χ2v) is 13.0. The summed E-state index contributed by atoms with van der Waals surface area (Å²) in [6.45, 7) is 0. The molecule has 11 rings (SSSR count). The predicted molar refractivity (Wildman–Crippen MR) is 202 cm³/mol. The first-order valence-corrected chi connectivity index (χ1v) is 16.6. The fourth-order valence-electron chi connectivity index (χ4n) is 8.78. The van der Waals surface area contributed by atoms with Crippen molar-refractivity contribution in [3.05, 3.63) is 164 Å². The van der Waals surface area contributed by atoms with Crippen LogP contribution in [0.15, 0.2) is 164 Å². The molecule has 0 spiro atoms. The van der Waals surface area contributed by atoms with Crippen LogP contribution in [-0.2, 0) is 0 Å². The minimum atomic E-state index is 1.05. The van der Waals surface area contributed by atoms with Gasteiger partial charge in [-0.3, -0.25) is 4.98 Å². The summed E-state index contributed by atoms with van der Waals surface area (Å²) in [4.78, 5) is 4.72. The second kappa shape index (κ2) is 9.61. The van der Waals surface area contributed by atoms with Gasteiger partial charge < -0.3 is 0 Å². The Balaban J connectivity index is 1.27. The van der Waals surface area contributed by atoms with E-state index in [1.165, 1.54) is 105 Å². The Hall–Kier alpha value is -6.31. The van der Waals surface area contributed by atoms with Crippen LogP contribution in [0.4, 0.5) is 0 Å². The van der Waals surface area contributed by atoms with Crippen molar-refractivity contribution >= 4 is 32.4 Å². The predicted octanol–water partition coefficient (Wildman–Crippen LogP) is 12.8. The molecule has 8 aromatic carbocycles. The Morgan fingerprint density at radius 2 is 0.771 bits per heavy atom. The molecule has 0 saturated carbocycles. The van der Waals surface area contributed by atoms with Crippen molar-refractivity contribution in [1.82, 2.24) is 4.98 Å². The van der Waals surface area contributed by atoms with Crippen LogP contribution in [-0.4, -0.2) is 4.98 Å². The molecule has 9 aromatic rings. The number of benzene rings is 8. The summed E-state index contributed by atoms with van der Waals surface area (Å²) in [6.07, 6.45) is 1.96. The molecule has 1 aromatic heterocycles. The summed E-state index contributed by atoms with van der Waals surface area (Å²) in [5.41, 5.74) is 19.1. The molecule has 2 aliphatic carbocycles. The second-order valence-electron chi connectivity index (χ2n) is 13.0. The monoisotopic (exact) mass is 605 g/mol. The van der Waals surface area contributed by atoms with Crippen molar-refractivity contribution in [2.24, 2.45) is 0 Å². The molecule has 0 fully saturated rings. The van der Waals surface area contributed by atoms with E-state index in [1.54, 1.807) is 0 Å². The normalized spacial score (nSPS) is 12.2. The summed E-state index contributed by atoms with van der Waals surface area (Å²) >= 11 is 0. The number of aromatic nitrogens is 1. The van der Waals surface area contributed by atoms with Crippen LogP contribution in [0.5, 0.6) is 0 Å². The van der Waals surface area contributed by atoms with Crippen molar-refractivity contribution in [2.75, 3.05) is 0 Å². The van der Waals surface area contributed by atoms with Gasteiger partial charge in [0.2, 0.25) is 0 Å². The first-order valence-electron chi connectivity index (χ1n) is 16.6. The van der Waals surface area contributed by atoms with Crippen LogP contribution in [0.1, 0.15) is 0 Å². The highest BCUT2D eigenvalue weighted by Crippen LogP contribution is 2.59. The van der Waals surface area contributed by atoms with Crippen molar-refractivity contribution < 1.29 is 0 Å². The van der Waals surface area contributed by atoms with E-state index in [4.69, 9.17) is 4.98 Å². The van der Waals surface area contributed by atoms with Crippen LogP contribution in [0, 0.1) is 0 Å². The number of nitrogens with zero attached hydrogens (tertiary/aromatic N) is 1. The SMILES string of the molecule is c1ccc(-c2c3c(c(-c4ccccc4)c4ccccc24)-c2ccc(-c4cccc5c4-c4ccnc6cccc-5c46)c4cccc-3c24)cc1. The van der Waals surface area contributed by atoms with E-state index >= 15 is 0 Å². The third kappa shape index (κ3) is 3.32. The average Bonchev–Trinajstić information content (AvgIpc) is 3.67. The van der Waals surface area contributed by atoms with E-state index in [0.29, 0.717) is 0 Å². The summed E-state index contributed by atoms with van der Waals surface area (Å²) in [5.74, 6) is 0. The van der Waals surface area contributed by atoms with E-state index in [9.17, 15) is 0 Å². The smallest absolute Gasteiger partial charge is 0.0714 e. The molecular formula is C47H27N. The molecule has 0 saturated heterocycles. The van der Waals surface area contributed by atoms with Crippen molar-refractivity contribution in [3.63, 3.8) is 0 Å². The zero-order chi connectivity index (χ0) is 31.3. The van der Waals surface area contributed by atoms with Gasteiger partial charge >= 0.3 is 0 Å². The lowest BCUT2D eigenvalue weighted by molar-refractivity contribution is 1.42. The molecule has 0 aliphatic heterocycles. The Labute approximate surface area is 278 Å². The zero-order valence-corrected chi connectivity index (χ0v) is 26.0. The molecule has 0 N–H and O–H groups in total. The molecule has 1 nitrogen and oxygen atoms in total. The largest absolute Gasteiger partial charge is 0.256 e. The van der Waals surface area contributed by atoms with E-state index in [-0.39, 0.29) is 0 Å². The summed E-state index contributed by atoms with van der Waals surface area (Å²) in [7, 11) is 0. The Bertz CT molecular complexity index is 2710. The molecule has 2 aliphatic rings. The lowest BCUT2D eigenvalue weighted by Crippen LogP contribution is -1.93. The van der Waals surface area contributed by atoms with Crippen LogP contribution < -0.4 is 0 Å². The maximum absolute atomic E-state index is 4.72. The maximum atomic E-state index is 4.72. The quantitative estimate of drug-likeness (QED) is 0.195. The average molecular weight is 606 g/mol. The van der Waals surface area contributed by atoms with Crippen LogP contribution >= 0.6 is 0 Å². The minimum Gasteiger partial charge on any atom is -0.256 e. The fourth-order valence-corrected chi connectivity index (χ4v) is 8.78. The van der Waals surface area contributed by atoms with Crippen LogP contribution in [0.25, 0.3) is 110 Å². The van der Waals surface area contributed by atoms with Crippen LogP contribution in [0.2, 0.25) is 0 Å². The highest BCUT2D eigenvalue weighted by molar-refractivity contribution is 6.29. The van der Waals surface area contributed by atoms with E-state index < -0.39 is 0 Å². The standard InChI is InChI=1S/C47H27N/c1-3-12-28(13-4-1)41-33-16-7-8-17-34(33)42(29-14-5-2-6-15-29)47-38-25-24-30(32-19-10-22-37(44(32)38)46(41)47)31-18-9-20-35-36-21-11-23-40-45(36)39(43(31)35)26-27-48-40/h1-27H. The third-order valence-corrected chi connectivity index (χ3v) is 10.6. The first-order chi connectivity index (χ1) is 23.9. The third-order valence-electron chi connectivity index (χ3n) is 10.6. The first kappa shape index (κ1) is 25.8. The lowest BCUT2D eigenvalue weighted by Gasteiger charge is -2.20. The highest BCUT2D eigenvalue weighted by atomic mass is 14.6. The van der Waals surface area contributed by atoms with Gasteiger partial charge in [0, 0.05) is 11.6 Å². The molecule has 0 bridgehead atoms. The van der Waals surface area contributed by atoms with Gasteiger partial charge in [0.25, 0.3) is 0 Å². The van der Waals surface area contributed by atoms with E-state index in [0.717, 1.165) is 5.52 Å². The minimum absolute atomic E-state index is 1.05. The zero-order valence-electron chi connectivity index (χ0n) is 26.0. The molecule has 0 radical (unpaired) electrons. The number of fused-ring (bicyclic) bond motifs is 7. The molecule has 48 heavy (non-hydrogen) atoms. The van der Waals surface area contributed by atoms with Gasteiger partial charge in [0.1, 0.15) is 0 Å². The van der Waals surface area contributed by atoms with E-state index in [2.05, 4.69) is 158 Å². The van der Waals surface area contributed by atoms with Gasteiger partial charge in [0.05, 0.1) is 5.52 Å². The highest BCUT2D eigenvalue weighted by Gasteiger charge is 2.32. The lowest BCUT2D eigenvalue weighted by atomic mass is 9.82. The summed E-state index contributed by atoms with van der Waals surface area (Å²) in [5, 5.41) is 6.45. The van der Waals surface area contributed by atoms with E-state index in [1.807, 2.05) is 6.20 Å². The van der Waals surface area contributed by atoms with Gasteiger partial charge in [-0.2, -0.15) is 0 Å². The van der Waals surface area contributed by atoms with Crippen molar-refractivity contribution in [2.45, 2.75) is 0 Å². The van der Waals surface area contributed by atoms with Crippen molar-refractivity contribution in [3.8, 4) is 77.9 Å².